The molecule has 9 rings (SSSR count). The largest absolute Gasteiger partial charge is 0.455 e. The summed E-state index contributed by atoms with van der Waals surface area (Å²) in [5, 5.41) is 17.1. The Morgan fingerprint density at radius 3 is 2.49 bits per heavy atom. The number of amides is 1. The van der Waals surface area contributed by atoms with E-state index in [9.17, 15) is 23.3 Å². The third-order valence-corrected chi connectivity index (χ3v) is 15.0. The van der Waals surface area contributed by atoms with Gasteiger partial charge in [-0.05, 0) is 104 Å². The van der Waals surface area contributed by atoms with Crippen LogP contribution in [0.15, 0.2) is 89.6 Å². The van der Waals surface area contributed by atoms with Crippen molar-refractivity contribution in [2.75, 3.05) is 82.7 Å². The molecular formula is C48H56ClN9O6S. The number of halogens is 1. The molecule has 0 bridgehead atoms. The lowest BCUT2D eigenvalue weighted by molar-refractivity contribution is -0.384. The number of nitrogens with one attached hydrogen (secondary N) is 3. The van der Waals surface area contributed by atoms with Crippen LogP contribution < -0.4 is 19.7 Å². The number of hydrogen-bond acceptors (Lipinski definition) is 12. The molecule has 1 aliphatic carbocycles. The molecule has 0 saturated carbocycles. The Bertz CT molecular complexity index is 2740. The van der Waals surface area contributed by atoms with Crippen molar-refractivity contribution >= 4 is 61.2 Å². The fourth-order valence-electron chi connectivity index (χ4n) is 9.60. The number of piperazine rings is 2. The van der Waals surface area contributed by atoms with Gasteiger partial charge in [0.05, 0.1) is 21.6 Å². The number of pyridine rings is 1. The van der Waals surface area contributed by atoms with Crippen LogP contribution in [0.5, 0.6) is 11.5 Å². The summed E-state index contributed by atoms with van der Waals surface area (Å²) in [7, 11) is -2.47. The Morgan fingerprint density at radius 1 is 0.985 bits per heavy atom. The molecule has 4 aliphatic rings. The van der Waals surface area contributed by atoms with Crippen molar-refractivity contribution in [3.63, 3.8) is 0 Å². The minimum Gasteiger partial charge on any atom is -0.455 e. The predicted octanol–water partition coefficient (Wildman–Crippen LogP) is 7.80. The van der Waals surface area contributed by atoms with Crippen molar-refractivity contribution < 1.29 is 22.9 Å². The maximum absolute atomic E-state index is 14.1. The minimum atomic E-state index is -4.57. The second-order valence-electron chi connectivity index (χ2n) is 18.7. The van der Waals surface area contributed by atoms with Crippen molar-refractivity contribution in [2.24, 2.45) is 5.41 Å². The van der Waals surface area contributed by atoms with Crippen LogP contribution in [-0.2, 0) is 16.4 Å². The van der Waals surface area contributed by atoms with Gasteiger partial charge in [-0.1, -0.05) is 43.2 Å². The second-order valence-corrected chi connectivity index (χ2v) is 20.8. The van der Waals surface area contributed by atoms with Gasteiger partial charge in [-0.25, -0.2) is 18.1 Å². The lowest BCUT2D eigenvalue weighted by Crippen LogP contribution is -2.47. The van der Waals surface area contributed by atoms with Gasteiger partial charge in [-0.2, -0.15) is 0 Å². The van der Waals surface area contributed by atoms with E-state index in [0.717, 1.165) is 113 Å². The first kappa shape index (κ1) is 44.7. The molecule has 17 heteroatoms. The van der Waals surface area contributed by atoms with Gasteiger partial charge in [-0.15, -0.1) is 0 Å². The summed E-state index contributed by atoms with van der Waals surface area (Å²) in [5.74, 6) is -0.427. The maximum Gasteiger partial charge on any atom is 0.293 e. The van der Waals surface area contributed by atoms with E-state index >= 15 is 0 Å². The second kappa shape index (κ2) is 18.4. The number of carbonyl (C=O) groups excluding carboxylic acids is 1. The molecule has 0 unspecified atom stereocenters. The molecule has 3 N–H and O–H groups in total. The third kappa shape index (κ3) is 10.2. The van der Waals surface area contributed by atoms with Crippen LogP contribution in [-0.4, -0.2) is 122 Å². The van der Waals surface area contributed by atoms with Crippen LogP contribution in [0.25, 0.3) is 16.6 Å². The highest BCUT2D eigenvalue weighted by molar-refractivity contribution is 7.90. The Balaban J connectivity index is 0.925. The molecular weight excluding hydrogens is 866 g/mol. The molecule has 2 fully saturated rings. The molecule has 3 aromatic carbocycles. The number of fused-ring (bicyclic) bond motifs is 2. The number of aromatic amines is 1. The number of benzene rings is 3. The van der Waals surface area contributed by atoms with Crippen molar-refractivity contribution in [2.45, 2.75) is 56.9 Å². The summed E-state index contributed by atoms with van der Waals surface area (Å²) < 4.78 is 36.5. The van der Waals surface area contributed by atoms with Gasteiger partial charge in [0.15, 0.2) is 0 Å². The van der Waals surface area contributed by atoms with Gasteiger partial charge in [0, 0.05) is 106 Å². The molecule has 15 nitrogen and oxygen atoms in total. The van der Waals surface area contributed by atoms with Crippen LogP contribution in [0.1, 0.15) is 61.0 Å². The number of nitro groups is 1. The number of aromatic nitrogens is 2. The minimum absolute atomic E-state index is 0.0201. The zero-order valence-electron chi connectivity index (χ0n) is 37.1. The summed E-state index contributed by atoms with van der Waals surface area (Å²) >= 11 is 6.25. The Labute approximate surface area is 385 Å². The van der Waals surface area contributed by atoms with E-state index in [0.29, 0.717) is 29.1 Å². The van der Waals surface area contributed by atoms with Crippen molar-refractivity contribution in [1.82, 2.24) is 29.4 Å². The monoisotopic (exact) mass is 921 g/mol. The Kier molecular flexibility index (Phi) is 12.6. The van der Waals surface area contributed by atoms with Crippen LogP contribution in [0.2, 0.25) is 5.02 Å². The molecule has 0 radical (unpaired) electrons. The van der Waals surface area contributed by atoms with Crippen molar-refractivity contribution in [3.8, 4) is 11.5 Å². The van der Waals surface area contributed by atoms with E-state index in [1.807, 2.05) is 18.2 Å². The lowest BCUT2D eigenvalue weighted by Gasteiger charge is -2.39. The van der Waals surface area contributed by atoms with Gasteiger partial charge in [0.1, 0.15) is 22.8 Å². The van der Waals surface area contributed by atoms with Gasteiger partial charge in [-0.3, -0.25) is 19.8 Å². The summed E-state index contributed by atoms with van der Waals surface area (Å²) in [6, 6.07) is 19.3. The number of nitrogens with zero attached hydrogens (tertiary/aromatic N) is 6. The number of sulfonamides is 1. The fourth-order valence-corrected chi connectivity index (χ4v) is 10.8. The first-order valence-electron chi connectivity index (χ1n) is 22.4. The Morgan fingerprint density at radius 2 is 1.74 bits per heavy atom. The summed E-state index contributed by atoms with van der Waals surface area (Å²) in [6.45, 7) is 13.4. The smallest absolute Gasteiger partial charge is 0.293 e. The third-order valence-electron chi connectivity index (χ3n) is 13.5. The van der Waals surface area contributed by atoms with Crippen LogP contribution in [0.3, 0.4) is 0 Å². The quantitative estimate of drug-likeness (QED) is 0.0776. The number of H-pyrrole nitrogens is 1. The van der Waals surface area contributed by atoms with Gasteiger partial charge >= 0.3 is 0 Å². The zero-order valence-corrected chi connectivity index (χ0v) is 38.7. The number of allylic oxidation sites excluding steroid dienone is 1. The van der Waals surface area contributed by atoms with E-state index in [2.05, 4.69) is 72.6 Å². The zero-order chi connectivity index (χ0) is 45.5. The van der Waals surface area contributed by atoms with E-state index in [4.69, 9.17) is 16.3 Å². The van der Waals surface area contributed by atoms with Crippen LogP contribution >= 0.6 is 11.6 Å². The molecule has 0 spiro atoms. The van der Waals surface area contributed by atoms with Gasteiger partial charge < -0.3 is 29.7 Å². The molecule has 2 saturated heterocycles. The molecule has 342 valence electrons. The SMILES string of the molecule is CN1CCN(CC[C@H]2Cc3cc(S(=O)(=O)NC(=O)c4ccc(N5CCN(CC6=C(c7ccc(Cl)cc7)CC(C)(C)CC6)CC5)cc4Oc4cnc5[nH]ccc5c4)cc([N+](=O)[O-])c3N2)CC1. The molecule has 65 heavy (non-hydrogen) atoms. The van der Waals surface area contributed by atoms with Crippen LogP contribution in [0.4, 0.5) is 17.1 Å². The predicted molar refractivity (Wildman–Crippen MR) is 255 cm³/mol. The number of rotatable bonds is 13. The molecule has 5 aromatic rings. The van der Waals surface area contributed by atoms with Crippen molar-refractivity contribution in [1.29, 1.82) is 0 Å². The highest BCUT2D eigenvalue weighted by Crippen LogP contribution is 2.44. The topological polar surface area (TPSA) is 169 Å². The molecule has 1 atom stereocenters. The Hall–Kier alpha value is -5.52. The highest BCUT2D eigenvalue weighted by Gasteiger charge is 2.34. The number of carbonyl (C=O) groups is 1. The maximum atomic E-state index is 14.1. The first-order chi connectivity index (χ1) is 31.2. The molecule has 1 amide bonds. The lowest BCUT2D eigenvalue weighted by atomic mass is 9.72. The number of likely N-dealkylation sites (N-methyl/N-ethyl adjacent to an activating group) is 1. The number of nitro benzene ring substituents is 1. The normalized spacial score (nSPS) is 19.6. The average molecular weight is 923 g/mol. The first-order valence-corrected chi connectivity index (χ1v) is 24.3. The summed E-state index contributed by atoms with van der Waals surface area (Å²) in [5.41, 5.74) is 6.31. The van der Waals surface area contributed by atoms with E-state index in [1.165, 1.54) is 29.0 Å². The standard InChI is InChI=1S/C48H56ClN9O6S/c1-48(2)13-10-34(42(29-48)32-4-6-36(49)7-5-32)31-56-20-22-57(23-21-56)38-8-9-41(44(27-38)64-39-25-33-11-14-50-46(33)51-30-39)47(59)53-65(62,63)40-26-35-24-37(52-45(35)43(28-40)58(60)61)12-15-55-18-16-54(3)17-19-55/h4-9,11,14,25-28,30,37,52H,10,12-13,15-24,29,31H2,1-3H3,(H,50,51)(H,53,59)/t37-/m0/s1. The van der Waals surface area contributed by atoms with E-state index in [-0.39, 0.29) is 33.4 Å². The fraction of sp³-hybridized carbons (Fsp3) is 0.417. The summed E-state index contributed by atoms with van der Waals surface area (Å²) in [6.07, 6.45) is 7.68. The van der Waals surface area contributed by atoms with E-state index in [1.54, 1.807) is 30.5 Å². The summed E-state index contributed by atoms with van der Waals surface area (Å²) in [4.78, 5) is 42.4. The van der Waals surface area contributed by atoms with Crippen molar-refractivity contribution in [3.05, 3.63) is 117 Å². The number of hydrogen-bond donors (Lipinski definition) is 3. The van der Waals surface area contributed by atoms with Gasteiger partial charge in [0.25, 0.3) is 21.6 Å². The highest BCUT2D eigenvalue weighted by atomic mass is 35.5. The molecule has 5 heterocycles. The molecule has 2 aromatic heterocycles. The molecule has 3 aliphatic heterocycles. The number of anilines is 2. The number of ether oxygens (including phenoxy) is 1. The van der Waals surface area contributed by atoms with Gasteiger partial charge in [0.2, 0.25) is 0 Å². The van der Waals surface area contributed by atoms with E-state index < -0.39 is 20.9 Å². The average Bonchev–Trinajstić information content (AvgIpc) is 3.93. The van der Waals surface area contributed by atoms with Crippen LogP contribution in [0, 0.1) is 15.5 Å².